The summed E-state index contributed by atoms with van der Waals surface area (Å²) >= 11 is 5.60. The van der Waals surface area contributed by atoms with E-state index in [4.69, 9.17) is 11.6 Å². The van der Waals surface area contributed by atoms with Crippen LogP contribution in [0.1, 0.15) is 20.3 Å². The first-order chi connectivity index (χ1) is 8.86. The van der Waals surface area contributed by atoms with Gasteiger partial charge in [0.25, 0.3) is 0 Å². The first-order valence-corrected chi connectivity index (χ1v) is 7.96. The number of benzene rings is 1. The van der Waals surface area contributed by atoms with Crippen molar-refractivity contribution in [2.45, 2.75) is 25.5 Å². The van der Waals surface area contributed by atoms with Crippen LogP contribution < -0.4 is 10.0 Å². The average Bonchev–Trinajstić information content (AvgIpc) is 2.33. The number of nitrogens with one attached hydrogen (secondary N) is 2. The molecule has 4 nitrogen and oxygen atoms in total. The van der Waals surface area contributed by atoms with Gasteiger partial charge in [-0.15, -0.1) is 0 Å². The largest absolute Gasteiger partial charge is 0.315 e. The fourth-order valence-electron chi connectivity index (χ4n) is 1.42. The Hall–Kier alpha value is -0.850. The summed E-state index contributed by atoms with van der Waals surface area (Å²) in [7, 11) is -3.52. The van der Waals surface area contributed by atoms with Gasteiger partial charge in [0.05, 0.1) is 16.0 Å². The van der Waals surface area contributed by atoms with E-state index >= 15 is 0 Å². The zero-order valence-corrected chi connectivity index (χ0v) is 12.5. The Morgan fingerprint density at radius 3 is 2.68 bits per heavy atom. The molecular weight excluding hydrogens is 291 g/mol. The summed E-state index contributed by atoms with van der Waals surface area (Å²) in [5, 5.41) is 2.33. The lowest BCUT2D eigenvalue weighted by Gasteiger charge is -2.15. The molecule has 0 heterocycles. The molecule has 0 amide bonds. The van der Waals surface area contributed by atoms with Crippen molar-refractivity contribution in [3.8, 4) is 0 Å². The summed E-state index contributed by atoms with van der Waals surface area (Å²) in [5.74, 6) is -0.581. The van der Waals surface area contributed by atoms with E-state index < -0.39 is 21.1 Å². The fraction of sp³-hybridized carbons (Fsp3) is 0.500. The lowest BCUT2D eigenvalue weighted by atomic mass is 10.3. The minimum absolute atomic E-state index is 0.114. The van der Waals surface area contributed by atoms with Crippen LogP contribution >= 0.6 is 11.6 Å². The number of hydrogen-bond acceptors (Lipinski definition) is 3. The zero-order chi connectivity index (χ0) is 14.5. The van der Waals surface area contributed by atoms with Crippen LogP contribution in [0.3, 0.4) is 0 Å². The van der Waals surface area contributed by atoms with Gasteiger partial charge in [-0.1, -0.05) is 18.5 Å². The summed E-state index contributed by atoms with van der Waals surface area (Å²) in [4.78, 5) is 0. The Balaban J connectivity index is 2.70. The Labute approximate surface area is 118 Å². The predicted octanol–water partition coefficient (Wildman–Crippen LogP) is 2.61. The van der Waals surface area contributed by atoms with Crippen molar-refractivity contribution in [2.75, 3.05) is 17.8 Å². The van der Waals surface area contributed by atoms with E-state index in [-0.39, 0.29) is 10.7 Å². The molecule has 1 atom stereocenters. The number of halogens is 2. The van der Waals surface area contributed by atoms with Gasteiger partial charge in [0.15, 0.2) is 0 Å². The molecule has 7 heteroatoms. The number of anilines is 1. The van der Waals surface area contributed by atoms with E-state index in [0.29, 0.717) is 6.54 Å². The molecule has 1 unspecified atom stereocenters. The SMILES string of the molecule is CCCNCC(C)S(=O)(=O)Nc1ccc(F)c(Cl)c1. The molecular formula is C12H18ClFN2O2S. The van der Waals surface area contributed by atoms with Gasteiger partial charge in [-0.2, -0.15) is 0 Å². The third kappa shape index (κ3) is 4.97. The maximum absolute atomic E-state index is 13.0. The fourth-order valence-corrected chi connectivity index (χ4v) is 2.59. The molecule has 0 saturated carbocycles. The summed E-state index contributed by atoms with van der Waals surface area (Å²) in [6.07, 6.45) is 0.938. The summed E-state index contributed by atoms with van der Waals surface area (Å²) in [6, 6.07) is 3.71. The van der Waals surface area contributed by atoms with Crippen LogP contribution in [0.4, 0.5) is 10.1 Å². The van der Waals surface area contributed by atoms with Crippen molar-refractivity contribution in [1.29, 1.82) is 0 Å². The van der Waals surface area contributed by atoms with Crippen LogP contribution in [0.2, 0.25) is 5.02 Å². The molecule has 1 rings (SSSR count). The highest BCUT2D eigenvalue weighted by atomic mass is 35.5. The van der Waals surface area contributed by atoms with Crippen LogP contribution in [0.15, 0.2) is 18.2 Å². The third-order valence-electron chi connectivity index (χ3n) is 2.57. The van der Waals surface area contributed by atoms with E-state index in [9.17, 15) is 12.8 Å². The van der Waals surface area contributed by atoms with Gasteiger partial charge in [-0.25, -0.2) is 12.8 Å². The molecule has 1 aromatic carbocycles. The molecule has 1 aromatic rings. The summed E-state index contributed by atoms with van der Waals surface area (Å²) in [6.45, 7) is 4.74. The van der Waals surface area contributed by atoms with E-state index in [0.717, 1.165) is 19.0 Å². The second kappa shape index (κ2) is 7.07. The highest BCUT2D eigenvalue weighted by molar-refractivity contribution is 7.93. The normalized spacial score (nSPS) is 13.3. The molecule has 0 bridgehead atoms. The van der Waals surface area contributed by atoms with Crippen molar-refractivity contribution in [2.24, 2.45) is 0 Å². The van der Waals surface area contributed by atoms with Crippen LogP contribution in [0.5, 0.6) is 0 Å². The maximum Gasteiger partial charge on any atom is 0.236 e. The van der Waals surface area contributed by atoms with Gasteiger partial charge >= 0.3 is 0 Å². The molecule has 0 radical (unpaired) electrons. The van der Waals surface area contributed by atoms with Crippen molar-refractivity contribution in [3.05, 3.63) is 29.0 Å². The first-order valence-electron chi connectivity index (χ1n) is 6.04. The van der Waals surface area contributed by atoms with Gasteiger partial charge in [-0.3, -0.25) is 4.72 Å². The Morgan fingerprint density at radius 1 is 1.42 bits per heavy atom. The lowest BCUT2D eigenvalue weighted by Crippen LogP contribution is -2.35. The van der Waals surface area contributed by atoms with E-state index in [1.807, 2.05) is 6.92 Å². The minimum Gasteiger partial charge on any atom is -0.315 e. The topological polar surface area (TPSA) is 58.2 Å². The molecule has 0 aliphatic heterocycles. The van der Waals surface area contributed by atoms with Gasteiger partial charge in [0.2, 0.25) is 10.0 Å². The van der Waals surface area contributed by atoms with Crippen LogP contribution in [0.25, 0.3) is 0 Å². The summed E-state index contributed by atoms with van der Waals surface area (Å²) < 4.78 is 39.4. The molecule has 108 valence electrons. The third-order valence-corrected chi connectivity index (χ3v) is 4.60. The Kier molecular flexibility index (Phi) is 6.03. The quantitative estimate of drug-likeness (QED) is 0.761. The smallest absolute Gasteiger partial charge is 0.236 e. The molecule has 0 aromatic heterocycles. The second-order valence-corrected chi connectivity index (χ2v) is 6.80. The molecule has 0 fully saturated rings. The Bertz CT molecular complexity index is 522. The van der Waals surface area contributed by atoms with E-state index in [1.54, 1.807) is 6.92 Å². The molecule has 2 N–H and O–H groups in total. The molecule has 0 aliphatic rings. The van der Waals surface area contributed by atoms with Crippen molar-refractivity contribution >= 4 is 27.3 Å². The van der Waals surface area contributed by atoms with Crippen LogP contribution in [-0.2, 0) is 10.0 Å². The van der Waals surface area contributed by atoms with Crippen LogP contribution in [-0.4, -0.2) is 26.8 Å². The monoisotopic (exact) mass is 308 g/mol. The minimum atomic E-state index is -3.52. The Morgan fingerprint density at radius 2 is 2.11 bits per heavy atom. The molecule has 0 aliphatic carbocycles. The highest BCUT2D eigenvalue weighted by Gasteiger charge is 2.20. The number of sulfonamides is 1. The van der Waals surface area contributed by atoms with Crippen molar-refractivity contribution < 1.29 is 12.8 Å². The number of hydrogen-bond donors (Lipinski definition) is 2. The number of rotatable bonds is 7. The van der Waals surface area contributed by atoms with Crippen LogP contribution in [0, 0.1) is 5.82 Å². The van der Waals surface area contributed by atoms with Gasteiger partial charge in [-0.05, 0) is 38.1 Å². The first kappa shape index (κ1) is 16.2. The van der Waals surface area contributed by atoms with Gasteiger partial charge in [0, 0.05) is 6.54 Å². The lowest BCUT2D eigenvalue weighted by molar-refractivity contribution is 0.575. The maximum atomic E-state index is 13.0. The molecule has 19 heavy (non-hydrogen) atoms. The predicted molar refractivity (Wildman–Crippen MR) is 76.6 cm³/mol. The standard InChI is InChI=1S/C12H18ClFN2O2S/c1-3-6-15-8-9(2)19(17,18)16-10-4-5-12(14)11(13)7-10/h4-5,7,9,15-16H,3,6,8H2,1-2H3. The van der Waals surface area contributed by atoms with Gasteiger partial charge in [0.1, 0.15) is 5.82 Å². The zero-order valence-electron chi connectivity index (χ0n) is 10.9. The average molecular weight is 309 g/mol. The van der Waals surface area contributed by atoms with Crippen molar-refractivity contribution in [1.82, 2.24) is 5.32 Å². The summed E-state index contributed by atoms with van der Waals surface area (Å²) in [5.41, 5.74) is 0.258. The molecule has 0 spiro atoms. The van der Waals surface area contributed by atoms with E-state index in [1.165, 1.54) is 12.1 Å². The second-order valence-electron chi connectivity index (χ2n) is 4.29. The van der Waals surface area contributed by atoms with Crippen molar-refractivity contribution in [3.63, 3.8) is 0 Å². The highest BCUT2D eigenvalue weighted by Crippen LogP contribution is 2.20. The molecule has 0 saturated heterocycles. The van der Waals surface area contributed by atoms with Gasteiger partial charge < -0.3 is 5.32 Å². The van der Waals surface area contributed by atoms with E-state index in [2.05, 4.69) is 10.0 Å².